The van der Waals surface area contributed by atoms with Gasteiger partial charge in [0.15, 0.2) is 17.3 Å². The lowest BCUT2D eigenvalue weighted by molar-refractivity contribution is 0.101. The first-order valence-electron chi connectivity index (χ1n) is 8.37. The molecule has 0 fully saturated rings. The summed E-state index contributed by atoms with van der Waals surface area (Å²) in [5.41, 5.74) is 1.58. The van der Waals surface area contributed by atoms with Gasteiger partial charge in [0, 0.05) is 16.8 Å². The maximum atomic E-state index is 12.5. The molecule has 0 unspecified atom stereocenters. The summed E-state index contributed by atoms with van der Waals surface area (Å²) in [5.74, 6) is 0.843. The highest BCUT2D eigenvalue weighted by Crippen LogP contribution is 2.29. The molecule has 0 aliphatic carbocycles. The van der Waals surface area contributed by atoms with Crippen molar-refractivity contribution < 1.29 is 19.1 Å². The monoisotopic (exact) mass is 341 g/mol. The smallest absolute Gasteiger partial charge is 0.255 e. The highest BCUT2D eigenvalue weighted by Gasteiger charge is 2.12. The molecule has 2 aromatic carbocycles. The summed E-state index contributed by atoms with van der Waals surface area (Å²) in [6.45, 7) is 6.46. The summed E-state index contributed by atoms with van der Waals surface area (Å²) in [4.78, 5) is 23.9. The second-order valence-electron chi connectivity index (χ2n) is 5.53. The molecule has 25 heavy (non-hydrogen) atoms. The topological polar surface area (TPSA) is 64.6 Å². The molecule has 0 heterocycles. The van der Waals surface area contributed by atoms with Gasteiger partial charge in [0.05, 0.1) is 13.2 Å². The van der Waals surface area contributed by atoms with Crippen LogP contribution in [0.15, 0.2) is 42.5 Å². The Labute approximate surface area is 148 Å². The summed E-state index contributed by atoms with van der Waals surface area (Å²) in [7, 11) is 0. The molecule has 5 nitrogen and oxygen atoms in total. The number of ether oxygens (including phenoxy) is 2. The Morgan fingerprint density at radius 2 is 1.76 bits per heavy atom. The zero-order valence-corrected chi connectivity index (χ0v) is 14.8. The van der Waals surface area contributed by atoms with Crippen LogP contribution in [0.3, 0.4) is 0 Å². The highest BCUT2D eigenvalue weighted by molar-refractivity contribution is 6.05. The zero-order valence-electron chi connectivity index (χ0n) is 14.8. The lowest BCUT2D eigenvalue weighted by Gasteiger charge is -2.13. The van der Waals surface area contributed by atoms with E-state index in [2.05, 4.69) is 5.32 Å². The second kappa shape index (κ2) is 8.87. The summed E-state index contributed by atoms with van der Waals surface area (Å²) in [5, 5.41) is 2.80. The number of nitrogens with one attached hydrogen (secondary N) is 1. The molecular formula is C20H23NO4. The Hall–Kier alpha value is -2.82. The average Bonchev–Trinajstić information content (AvgIpc) is 2.61. The molecule has 2 rings (SSSR count). The first-order valence-corrected chi connectivity index (χ1v) is 8.37. The number of carbonyl (C=O) groups is 2. The molecule has 0 aliphatic heterocycles. The Morgan fingerprint density at radius 1 is 0.960 bits per heavy atom. The van der Waals surface area contributed by atoms with Crippen LogP contribution in [0.25, 0.3) is 0 Å². The summed E-state index contributed by atoms with van der Waals surface area (Å²) < 4.78 is 11.2. The fourth-order valence-electron chi connectivity index (χ4n) is 2.27. The van der Waals surface area contributed by atoms with Crippen LogP contribution in [0, 0.1) is 0 Å². The van der Waals surface area contributed by atoms with E-state index in [0.29, 0.717) is 41.5 Å². The minimum Gasteiger partial charge on any atom is -0.490 e. The van der Waals surface area contributed by atoms with Crippen LogP contribution < -0.4 is 14.8 Å². The third kappa shape index (κ3) is 5.08. The normalized spacial score (nSPS) is 10.2. The Bertz CT molecular complexity index is 755. The van der Waals surface area contributed by atoms with Crippen LogP contribution in [0.5, 0.6) is 11.5 Å². The van der Waals surface area contributed by atoms with Crippen LogP contribution in [0.1, 0.15) is 47.9 Å². The summed E-state index contributed by atoms with van der Waals surface area (Å²) >= 11 is 0. The molecule has 2 aromatic rings. The molecule has 0 saturated heterocycles. The van der Waals surface area contributed by atoms with Crippen molar-refractivity contribution >= 4 is 17.4 Å². The van der Waals surface area contributed by atoms with E-state index in [1.165, 1.54) is 6.92 Å². The van der Waals surface area contributed by atoms with Gasteiger partial charge in [-0.1, -0.05) is 19.1 Å². The largest absolute Gasteiger partial charge is 0.490 e. The number of amides is 1. The van der Waals surface area contributed by atoms with Crippen LogP contribution in [-0.2, 0) is 0 Å². The second-order valence-corrected chi connectivity index (χ2v) is 5.53. The predicted octanol–water partition coefficient (Wildman–Crippen LogP) is 4.33. The zero-order chi connectivity index (χ0) is 18.2. The van der Waals surface area contributed by atoms with E-state index in [-0.39, 0.29) is 11.7 Å². The van der Waals surface area contributed by atoms with E-state index in [9.17, 15) is 9.59 Å². The molecule has 0 bridgehead atoms. The highest BCUT2D eigenvalue weighted by atomic mass is 16.5. The minimum absolute atomic E-state index is 0.0489. The number of hydrogen-bond donors (Lipinski definition) is 1. The molecule has 0 spiro atoms. The SMILES string of the molecule is CCCOc1ccc(C(=O)Nc2cccc(C(C)=O)c2)cc1OCC. The van der Waals surface area contributed by atoms with Crippen molar-refractivity contribution in [1.82, 2.24) is 0 Å². The van der Waals surface area contributed by atoms with Gasteiger partial charge in [0.25, 0.3) is 5.91 Å². The maximum Gasteiger partial charge on any atom is 0.255 e. The third-order valence-corrected chi connectivity index (χ3v) is 3.49. The van der Waals surface area contributed by atoms with Gasteiger partial charge in [-0.05, 0) is 50.6 Å². The lowest BCUT2D eigenvalue weighted by atomic mass is 10.1. The fraction of sp³-hybridized carbons (Fsp3) is 0.300. The predicted molar refractivity (Wildman–Crippen MR) is 97.8 cm³/mol. The number of hydrogen-bond acceptors (Lipinski definition) is 4. The van der Waals surface area contributed by atoms with E-state index < -0.39 is 0 Å². The van der Waals surface area contributed by atoms with E-state index in [0.717, 1.165) is 6.42 Å². The van der Waals surface area contributed by atoms with Gasteiger partial charge >= 0.3 is 0 Å². The van der Waals surface area contributed by atoms with Gasteiger partial charge in [0.1, 0.15) is 0 Å². The number of anilines is 1. The molecule has 0 saturated carbocycles. The number of rotatable bonds is 8. The standard InChI is InChI=1S/C20H23NO4/c1-4-11-25-18-10-9-16(13-19(18)24-5-2)20(23)21-17-8-6-7-15(12-17)14(3)22/h6-10,12-13H,4-5,11H2,1-3H3,(H,21,23). The maximum absolute atomic E-state index is 12.5. The van der Waals surface area contributed by atoms with Gasteiger partial charge in [-0.15, -0.1) is 0 Å². The van der Waals surface area contributed by atoms with Gasteiger partial charge in [-0.25, -0.2) is 0 Å². The van der Waals surface area contributed by atoms with Crippen molar-refractivity contribution in [1.29, 1.82) is 0 Å². The van der Waals surface area contributed by atoms with Gasteiger partial charge in [0.2, 0.25) is 0 Å². The van der Waals surface area contributed by atoms with Gasteiger partial charge in [-0.3, -0.25) is 9.59 Å². The molecule has 0 aliphatic rings. The van der Waals surface area contributed by atoms with Crippen molar-refractivity contribution in [3.63, 3.8) is 0 Å². The number of Topliss-reactive ketones (excluding diaryl/α,β-unsaturated/α-hetero) is 1. The summed E-state index contributed by atoms with van der Waals surface area (Å²) in [6.07, 6.45) is 0.889. The first kappa shape index (κ1) is 18.5. The Morgan fingerprint density at radius 3 is 2.44 bits per heavy atom. The molecule has 132 valence electrons. The van der Waals surface area contributed by atoms with Crippen LogP contribution in [0.2, 0.25) is 0 Å². The van der Waals surface area contributed by atoms with E-state index in [4.69, 9.17) is 9.47 Å². The van der Waals surface area contributed by atoms with E-state index in [1.807, 2.05) is 13.8 Å². The number of benzene rings is 2. The van der Waals surface area contributed by atoms with Crippen LogP contribution in [0.4, 0.5) is 5.69 Å². The Balaban J connectivity index is 2.19. The fourth-order valence-corrected chi connectivity index (χ4v) is 2.27. The lowest BCUT2D eigenvalue weighted by Crippen LogP contribution is -2.13. The average molecular weight is 341 g/mol. The molecule has 5 heteroatoms. The van der Waals surface area contributed by atoms with E-state index >= 15 is 0 Å². The molecule has 1 N–H and O–H groups in total. The molecule has 0 radical (unpaired) electrons. The van der Waals surface area contributed by atoms with Gasteiger partial charge < -0.3 is 14.8 Å². The first-order chi connectivity index (χ1) is 12.0. The van der Waals surface area contributed by atoms with Crippen molar-refractivity contribution in [2.45, 2.75) is 27.2 Å². The molecule has 0 aromatic heterocycles. The van der Waals surface area contributed by atoms with Crippen molar-refractivity contribution in [3.8, 4) is 11.5 Å². The quantitative estimate of drug-likeness (QED) is 0.726. The Kier molecular flexibility index (Phi) is 6.57. The molecular weight excluding hydrogens is 318 g/mol. The molecule has 1 amide bonds. The third-order valence-electron chi connectivity index (χ3n) is 3.49. The van der Waals surface area contributed by atoms with Crippen LogP contribution >= 0.6 is 0 Å². The summed E-state index contributed by atoms with van der Waals surface area (Å²) in [6, 6.07) is 11.9. The van der Waals surface area contributed by atoms with Crippen LogP contribution in [-0.4, -0.2) is 24.9 Å². The van der Waals surface area contributed by atoms with Crippen molar-refractivity contribution in [3.05, 3.63) is 53.6 Å². The molecule has 0 atom stereocenters. The number of ketones is 1. The number of carbonyl (C=O) groups excluding carboxylic acids is 2. The van der Waals surface area contributed by atoms with Crippen molar-refractivity contribution in [2.75, 3.05) is 18.5 Å². The van der Waals surface area contributed by atoms with Crippen molar-refractivity contribution in [2.24, 2.45) is 0 Å². The van der Waals surface area contributed by atoms with Gasteiger partial charge in [-0.2, -0.15) is 0 Å². The van der Waals surface area contributed by atoms with E-state index in [1.54, 1.807) is 42.5 Å². The minimum atomic E-state index is -0.274.